The van der Waals surface area contributed by atoms with Crippen molar-refractivity contribution in [3.8, 4) is 0 Å². The first-order chi connectivity index (χ1) is 11.4. The van der Waals surface area contributed by atoms with Crippen LogP contribution in [0.2, 0.25) is 5.02 Å². The highest BCUT2D eigenvalue weighted by Gasteiger charge is 2.09. The molecule has 4 nitrogen and oxygen atoms in total. The van der Waals surface area contributed by atoms with Crippen LogP contribution in [-0.4, -0.2) is 24.3 Å². The van der Waals surface area contributed by atoms with Crippen molar-refractivity contribution in [2.24, 2.45) is 5.10 Å². The van der Waals surface area contributed by atoms with Gasteiger partial charge in [-0.1, -0.05) is 36.4 Å². The maximum Gasteiger partial charge on any atom is 0.335 e. The SMILES string of the molecule is C=C(/C=N\N(C)c1ccc(F)c(Cl)c1)C1=CCC=CC(C(=O)O)=C1. The molecule has 0 aromatic heterocycles. The Kier molecular flexibility index (Phi) is 5.71. The molecule has 0 unspecified atom stereocenters. The van der Waals surface area contributed by atoms with E-state index in [1.807, 2.05) is 6.08 Å². The Labute approximate surface area is 144 Å². The van der Waals surface area contributed by atoms with Gasteiger partial charge in [-0.15, -0.1) is 0 Å². The van der Waals surface area contributed by atoms with E-state index < -0.39 is 11.8 Å². The molecule has 0 amide bonds. The Hall–Kier alpha value is -2.66. The van der Waals surface area contributed by atoms with Crippen molar-refractivity contribution in [3.63, 3.8) is 0 Å². The highest BCUT2D eigenvalue weighted by molar-refractivity contribution is 6.31. The highest BCUT2D eigenvalue weighted by Crippen LogP contribution is 2.22. The number of benzene rings is 1. The van der Waals surface area contributed by atoms with Crippen molar-refractivity contribution in [2.45, 2.75) is 6.42 Å². The molecule has 0 saturated heterocycles. The van der Waals surface area contributed by atoms with Crippen molar-refractivity contribution < 1.29 is 14.3 Å². The van der Waals surface area contributed by atoms with Gasteiger partial charge < -0.3 is 5.11 Å². The third-order valence-corrected chi connectivity index (χ3v) is 3.65. The molecular weight excluding hydrogens is 331 g/mol. The summed E-state index contributed by atoms with van der Waals surface area (Å²) in [5, 5.41) is 14.9. The molecule has 0 fully saturated rings. The summed E-state index contributed by atoms with van der Waals surface area (Å²) in [6.45, 7) is 3.92. The Bertz CT molecular complexity index is 794. The fourth-order valence-corrected chi connectivity index (χ4v) is 2.18. The maximum atomic E-state index is 13.2. The summed E-state index contributed by atoms with van der Waals surface area (Å²) in [4.78, 5) is 11.1. The zero-order valence-corrected chi connectivity index (χ0v) is 13.8. The van der Waals surface area contributed by atoms with E-state index in [-0.39, 0.29) is 10.6 Å². The third-order valence-electron chi connectivity index (χ3n) is 3.36. The first-order valence-corrected chi connectivity index (χ1v) is 7.50. The van der Waals surface area contributed by atoms with Crippen LogP contribution in [0.4, 0.5) is 10.1 Å². The van der Waals surface area contributed by atoms with Gasteiger partial charge in [-0.05, 0) is 41.8 Å². The molecule has 124 valence electrons. The second kappa shape index (κ2) is 7.75. The molecule has 0 atom stereocenters. The van der Waals surface area contributed by atoms with E-state index in [4.69, 9.17) is 16.7 Å². The number of carbonyl (C=O) groups is 1. The molecule has 0 spiro atoms. The zero-order valence-electron chi connectivity index (χ0n) is 13.0. The van der Waals surface area contributed by atoms with Crippen molar-refractivity contribution in [1.82, 2.24) is 0 Å². The fourth-order valence-electron chi connectivity index (χ4n) is 2.01. The lowest BCUT2D eigenvalue weighted by Gasteiger charge is -2.13. The van der Waals surface area contributed by atoms with Gasteiger partial charge in [0.25, 0.3) is 0 Å². The number of halogens is 2. The van der Waals surface area contributed by atoms with Gasteiger partial charge in [-0.2, -0.15) is 5.10 Å². The maximum absolute atomic E-state index is 13.2. The molecule has 1 N–H and O–H groups in total. The van der Waals surface area contributed by atoms with Crippen LogP contribution < -0.4 is 5.01 Å². The standard InChI is InChI=1S/C18H16ClFN2O2/c1-12(13-5-3-4-6-14(9-13)18(23)24)11-21-22(2)15-7-8-17(20)16(19)10-15/h4-11H,1,3H2,2H3,(H,23,24)/b21-11-. The van der Waals surface area contributed by atoms with Crippen molar-refractivity contribution in [2.75, 3.05) is 12.1 Å². The first-order valence-electron chi connectivity index (χ1n) is 7.12. The van der Waals surface area contributed by atoms with Crippen molar-refractivity contribution in [1.29, 1.82) is 0 Å². The molecule has 1 aromatic rings. The molecule has 0 heterocycles. The van der Waals surface area contributed by atoms with E-state index in [1.165, 1.54) is 23.4 Å². The van der Waals surface area contributed by atoms with Crippen LogP contribution in [0, 0.1) is 5.82 Å². The summed E-state index contributed by atoms with van der Waals surface area (Å²) < 4.78 is 13.2. The molecule has 0 radical (unpaired) electrons. The third kappa shape index (κ3) is 4.43. The van der Waals surface area contributed by atoms with Crippen molar-refractivity contribution >= 4 is 29.5 Å². The Morgan fingerprint density at radius 3 is 2.88 bits per heavy atom. The molecule has 0 saturated carbocycles. The number of hydrogen-bond donors (Lipinski definition) is 1. The summed E-state index contributed by atoms with van der Waals surface area (Å²) in [6.07, 6.45) is 8.88. The van der Waals surface area contributed by atoms with E-state index in [0.29, 0.717) is 23.3 Å². The fraction of sp³-hybridized carbons (Fsp3) is 0.111. The largest absolute Gasteiger partial charge is 0.478 e. The van der Waals surface area contributed by atoms with Gasteiger partial charge in [0.15, 0.2) is 0 Å². The summed E-state index contributed by atoms with van der Waals surface area (Å²) >= 11 is 5.76. The summed E-state index contributed by atoms with van der Waals surface area (Å²) in [5.41, 5.74) is 2.06. The van der Waals surface area contributed by atoms with Crippen LogP contribution in [0.1, 0.15) is 6.42 Å². The minimum absolute atomic E-state index is 0.0139. The quantitative estimate of drug-likeness (QED) is 0.636. The lowest BCUT2D eigenvalue weighted by molar-refractivity contribution is -0.132. The van der Waals surface area contributed by atoms with Gasteiger partial charge in [0.2, 0.25) is 0 Å². The lowest BCUT2D eigenvalue weighted by Crippen LogP contribution is -2.09. The molecule has 1 aliphatic carbocycles. The molecule has 0 aliphatic heterocycles. The van der Waals surface area contributed by atoms with Gasteiger partial charge in [-0.3, -0.25) is 5.01 Å². The average Bonchev–Trinajstić information content (AvgIpc) is 2.81. The second-order valence-corrected chi connectivity index (χ2v) is 5.50. The number of anilines is 1. The molecule has 1 aromatic carbocycles. The first kappa shape index (κ1) is 17.7. The van der Waals surface area contributed by atoms with Gasteiger partial charge >= 0.3 is 5.97 Å². The number of hydrogen-bond acceptors (Lipinski definition) is 3. The van der Waals surface area contributed by atoms with E-state index in [0.717, 1.165) is 0 Å². The average molecular weight is 347 g/mol. The normalized spacial score (nSPS) is 14.1. The molecule has 1 aliphatic rings. The number of hydrazone groups is 1. The van der Waals surface area contributed by atoms with Crippen LogP contribution in [0.25, 0.3) is 0 Å². The second-order valence-electron chi connectivity index (χ2n) is 5.09. The van der Waals surface area contributed by atoms with Gasteiger partial charge in [0, 0.05) is 7.05 Å². The smallest absolute Gasteiger partial charge is 0.335 e. The predicted octanol–water partition coefficient (Wildman–Crippen LogP) is 4.35. The van der Waals surface area contributed by atoms with Crippen LogP contribution in [0.3, 0.4) is 0 Å². The minimum Gasteiger partial charge on any atom is -0.478 e. The van der Waals surface area contributed by atoms with Crippen LogP contribution in [0.5, 0.6) is 0 Å². The minimum atomic E-state index is -0.998. The number of aliphatic carboxylic acids is 1. The van der Waals surface area contributed by atoms with Crippen LogP contribution in [-0.2, 0) is 4.79 Å². The molecular formula is C18H16ClFN2O2. The topological polar surface area (TPSA) is 52.9 Å². The van der Waals surface area contributed by atoms with Gasteiger partial charge in [-0.25, -0.2) is 9.18 Å². The molecule has 0 bridgehead atoms. The molecule has 2 rings (SSSR count). The molecule has 6 heteroatoms. The number of allylic oxidation sites excluding steroid dienone is 5. The van der Waals surface area contributed by atoms with Crippen LogP contribution in [0.15, 0.2) is 70.9 Å². The monoisotopic (exact) mass is 346 g/mol. The summed E-state index contributed by atoms with van der Waals surface area (Å²) in [6, 6.07) is 4.28. The van der Waals surface area contributed by atoms with Gasteiger partial charge in [0.1, 0.15) is 5.82 Å². The Balaban J connectivity index is 2.14. The lowest BCUT2D eigenvalue weighted by atomic mass is 10.1. The number of nitrogens with zero attached hydrogens (tertiary/aromatic N) is 2. The number of rotatable bonds is 5. The Morgan fingerprint density at radius 2 is 2.21 bits per heavy atom. The van der Waals surface area contributed by atoms with E-state index >= 15 is 0 Å². The van der Waals surface area contributed by atoms with E-state index in [1.54, 1.807) is 31.3 Å². The Morgan fingerprint density at radius 1 is 1.46 bits per heavy atom. The van der Waals surface area contributed by atoms with E-state index in [9.17, 15) is 9.18 Å². The summed E-state index contributed by atoms with van der Waals surface area (Å²) in [7, 11) is 1.69. The molecule has 24 heavy (non-hydrogen) atoms. The highest BCUT2D eigenvalue weighted by atomic mass is 35.5. The number of carboxylic acid groups (broad SMARTS) is 1. The summed E-state index contributed by atoms with van der Waals surface area (Å²) in [5.74, 6) is -1.49. The number of carboxylic acids is 1. The zero-order chi connectivity index (χ0) is 17.7. The van der Waals surface area contributed by atoms with Crippen LogP contribution >= 0.6 is 11.6 Å². The predicted molar refractivity (Wildman–Crippen MR) is 95.0 cm³/mol. The van der Waals surface area contributed by atoms with E-state index in [2.05, 4.69) is 11.7 Å². The van der Waals surface area contributed by atoms with Gasteiger partial charge in [0.05, 0.1) is 22.5 Å². The van der Waals surface area contributed by atoms with Crippen molar-refractivity contribution in [3.05, 3.63) is 76.6 Å².